The van der Waals surface area contributed by atoms with Gasteiger partial charge in [-0.05, 0) is 0 Å². The fourth-order valence-corrected chi connectivity index (χ4v) is 1.66. The van der Waals surface area contributed by atoms with Crippen LogP contribution in [0, 0.1) is 0 Å². The monoisotopic (exact) mass is 253 g/mol. The SMILES string of the molecule is COc1cc(C(F)F)nc(S(N)(=O)=O)c1N. The average molecular weight is 253 g/mol. The lowest BCUT2D eigenvalue weighted by Crippen LogP contribution is -2.17. The van der Waals surface area contributed by atoms with Crippen LogP contribution in [0.1, 0.15) is 12.1 Å². The zero-order valence-corrected chi connectivity index (χ0v) is 8.96. The van der Waals surface area contributed by atoms with E-state index in [2.05, 4.69) is 9.72 Å². The topological polar surface area (TPSA) is 108 Å². The Balaban J connectivity index is 3.55. The van der Waals surface area contributed by atoms with Crippen LogP contribution in [0.3, 0.4) is 0 Å². The number of hydrogen-bond acceptors (Lipinski definition) is 5. The van der Waals surface area contributed by atoms with E-state index in [-0.39, 0.29) is 5.75 Å². The number of pyridine rings is 1. The first-order valence-electron chi connectivity index (χ1n) is 3.92. The molecule has 0 amide bonds. The van der Waals surface area contributed by atoms with Gasteiger partial charge in [-0.3, -0.25) is 0 Å². The summed E-state index contributed by atoms with van der Waals surface area (Å²) in [5.41, 5.74) is 4.19. The molecule has 1 heterocycles. The zero-order valence-electron chi connectivity index (χ0n) is 8.15. The second-order valence-corrected chi connectivity index (χ2v) is 4.29. The highest BCUT2D eigenvalue weighted by atomic mass is 32.2. The molecule has 6 nitrogen and oxygen atoms in total. The Kier molecular flexibility index (Phi) is 3.29. The molecule has 1 aromatic heterocycles. The second kappa shape index (κ2) is 4.18. The molecule has 0 aliphatic carbocycles. The van der Waals surface area contributed by atoms with Gasteiger partial charge in [0, 0.05) is 6.07 Å². The van der Waals surface area contributed by atoms with Gasteiger partial charge in [0.05, 0.1) is 7.11 Å². The van der Waals surface area contributed by atoms with Gasteiger partial charge in [-0.15, -0.1) is 0 Å². The van der Waals surface area contributed by atoms with Crippen molar-refractivity contribution in [3.05, 3.63) is 11.8 Å². The first-order chi connectivity index (χ1) is 7.27. The van der Waals surface area contributed by atoms with Gasteiger partial charge in [-0.25, -0.2) is 27.3 Å². The molecule has 0 saturated heterocycles. The second-order valence-electron chi connectivity index (χ2n) is 2.81. The Hall–Kier alpha value is -1.48. The Labute approximate surface area is 90.3 Å². The molecule has 0 aromatic carbocycles. The Bertz CT molecular complexity index is 504. The Morgan fingerprint density at radius 3 is 2.44 bits per heavy atom. The molecule has 0 spiro atoms. The summed E-state index contributed by atoms with van der Waals surface area (Å²) in [6.45, 7) is 0. The molecule has 90 valence electrons. The summed E-state index contributed by atoms with van der Waals surface area (Å²) < 4.78 is 51.5. The predicted octanol–water partition coefficient (Wildman–Crippen LogP) is 0.257. The molecule has 0 aliphatic heterocycles. The van der Waals surface area contributed by atoms with Crippen LogP contribution in [-0.2, 0) is 10.0 Å². The number of nitrogens with zero attached hydrogens (tertiary/aromatic N) is 1. The quantitative estimate of drug-likeness (QED) is 0.803. The molecule has 0 fully saturated rings. The van der Waals surface area contributed by atoms with E-state index in [9.17, 15) is 17.2 Å². The normalized spacial score (nSPS) is 11.8. The summed E-state index contributed by atoms with van der Waals surface area (Å²) in [5, 5.41) is 3.96. The highest BCUT2D eigenvalue weighted by Crippen LogP contribution is 2.30. The van der Waals surface area contributed by atoms with Gasteiger partial charge >= 0.3 is 0 Å². The lowest BCUT2D eigenvalue weighted by molar-refractivity contribution is 0.145. The number of alkyl halides is 2. The minimum Gasteiger partial charge on any atom is -0.494 e. The Morgan fingerprint density at radius 1 is 1.50 bits per heavy atom. The van der Waals surface area contributed by atoms with E-state index in [4.69, 9.17) is 10.9 Å². The number of rotatable bonds is 3. The average Bonchev–Trinajstić information content (AvgIpc) is 2.15. The molecule has 1 aromatic rings. The third-order valence-corrected chi connectivity index (χ3v) is 2.57. The molecule has 0 unspecified atom stereocenters. The Morgan fingerprint density at radius 2 is 2.06 bits per heavy atom. The molecule has 0 bridgehead atoms. The molecule has 0 radical (unpaired) electrons. The van der Waals surface area contributed by atoms with Crippen LogP contribution in [-0.4, -0.2) is 20.5 Å². The van der Waals surface area contributed by atoms with E-state index in [0.29, 0.717) is 0 Å². The molecule has 16 heavy (non-hydrogen) atoms. The minimum atomic E-state index is -4.27. The minimum absolute atomic E-state index is 0.214. The van der Waals surface area contributed by atoms with E-state index >= 15 is 0 Å². The number of methoxy groups -OCH3 is 1. The fourth-order valence-electron chi connectivity index (χ4n) is 1.02. The largest absolute Gasteiger partial charge is 0.494 e. The number of halogens is 2. The molecule has 0 saturated carbocycles. The zero-order chi connectivity index (χ0) is 12.5. The number of nitrogen functional groups attached to an aromatic ring is 1. The molecule has 9 heteroatoms. The van der Waals surface area contributed by atoms with Gasteiger partial charge in [0.25, 0.3) is 16.4 Å². The van der Waals surface area contributed by atoms with Gasteiger partial charge in [-0.2, -0.15) is 0 Å². The number of anilines is 1. The standard InChI is InChI=1S/C7H9F2N3O3S/c1-15-4-2-3(6(8)9)12-7(5(4)10)16(11,13)14/h2,6H,10H2,1H3,(H2,11,13,14). The van der Waals surface area contributed by atoms with Crippen LogP contribution < -0.4 is 15.6 Å². The van der Waals surface area contributed by atoms with Crippen LogP contribution in [0.25, 0.3) is 0 Å². The third kappa shape index (κ3) is 2.36. The van der Waals surface area contributed by atoms with Gasteiger partial charge in [0.15, 0.2) is 5.03 Å². The summed E-state index contributed by atoms with van der Waals surface area (Å²) >= 11 is 0. The number of primary sulfonamides is 1. The lowest BCUT2D eigenvalue weighted by Gasteiger charge is -2.10. The third-order valence-electron chi connectivity index (χ3n) is 1.72. The van der Waals surface area contributed by atoms with Crippen LogP contribution in [0.15, 0.2) is 11.1 Å². The van der Waals surface area contributed by atoms with E-state index < -0.39 is 32.9 Å². The van der Waals surface area contributed by atoms with Crippen LogP contribution in [0.4, 0.5) is 14.5 Å². The van der Waals surface area contributed by atoms with Crippen LogP contribution >= 0.6 is 0 Å². The summed E-state index contributed by atoms with van der Waals surface area (Å²) in [7, 11) is -3.11. The summed E-state index contributed by atoms with van der Waals surface area (Å²) in [5.74, 6) is -0.214. The van der Waals surface area contributed by atoms with Crippen molar-refractivity contribution < 1.29 is 21.9 Å². The molecular weight excluding hydrogens is 244 g/mol. The van der Waals surface area contributed by atoms with Crippen molar-refractivity contribution in [1.29, 1.82) is 0 Å². The maximum absolute atomic E-state index is 12.4. The van der Waals surface area contributed by atoms with E-state index in [1.165, 1.54) is 0 Å². The van der Waals surface area contributed by atoms with Crippen molar-refractivity contribution in [3.8, 4) is 5.75 Å². The molecular formula is C7H9F2N3O3S. The van der Waals surface area contributed by atoms with Crippen molar-refractivity contribution in [3.63, 3.8) is 0 Å². The molecule has 0 aliphatic rings. The van der Waals surface area contributed by atoms with E-state index in [1.807, 2.05) is 0 Å². The van der Waals surface area contributed by atoms with Crippen molar-refractivity contribution in [1.82, 2.24) is 4.98 Å². The molecule has 1 rings (SSSR count). The van der Waals surface area contributed by atoms with Gasteiger partial charge in [0.2, 0.25) is 0 Å². The molecule has 0 atom stereocenters. The van der Waals surface area contributed by atoms with Gasteiger partial charge in [0.1, 0.15) is 17.1 Å². The first kappa shape index (κ1) is 12.6. The van der Waals surface area contributed by atoms with Gasteiger partial charge in [-0.1, -0.05) is 0 Å². The first-order valence-corrected chi connectivity index (χ1v) is 5.47. The number of sulfonamides is 1. The maximum Gasteiger partial charge on any atom is 0.280 e. The highest BCUT2D eigenvalue weighted by molar-refractivity contribution is 7.89. The summed E-state index contributed by atoms with van der Waals surface area (Å²) in [4.78, 5) is 3.18. The summed E-state index contributed by atoms with van der Waals surface area (Å²) in [6.07, 6.45) is -2.95. The van der Waals surface area contributed by atoms with Crippen LogP contribution in [0.5, 0.6) is 5.75 Å². The van der Waals surface area contributed by atoms with Crippen molar-refractivity contribution in [2.75, 3.05) is 12.8 Å². The van der Waals surface area contributed by atoms with Crippen molar-refractivity contribution >= 4 is 15.7 Å². The van der Waals surface area contributed by atoms with Gasteiger partial charge < -0.3 is 10.5 Å². The molecule has 4 N–H and O–H groups in total. The maximum atomic E-state index is 12.4. The lowest BCUT2D eigenvalue weighted by atomic mass is 10.3. The number of aromatic nitrogens is 1. The van der Waals surface area contributed by atoms with Crippen molar-refractivity contribution in [2.45, 2.75) is 11.5 Å². The smallest absolute Gasteiger partial charge is 0.280 e. The van der Waals surface area contributed by atoms with E-state index in [1.54, 1.807) is 0 Å². The number of hydrogen-bond donors (Lipinski definition) is 2. The summed E-state index contributed by atoms with van der Waals surface area (Å²) in [6, 6.07) is 0.856. The van der Waals surface area contributed by atoms with Crippen molar-refractivity contribution in [2.24, 2.45) is 5.14 Å². The fraction of sp³-hybridized carbons (Fsp3) is 0.286. The highest BCUT2D eigenvalue weighted by Gasteiger charge is 2.22. The number of ether oxygens (including phenoxy) is 1. The van der Waals surface area contributed by atoms with Crippen LogP contribution in [0.2, 0.25) is 0 Å². The predicted molar refractivity (Wildman–Crippen MR) is 51.5 cm³/mol. The van der Waals surface area contributed by atoms with E-state index in [0.717, 1.165) is 13.2 Å². The number of nitrogens with two attached hydrogens (primary N) is 2.